The van der Waals surface area contributed by atoms with Crippen molar-refractivity contribution >= 4 is 16.7 Å². The van der Waals surface area contributed by atoms with Gasteiger partial charge in [-0.15, -0.1) is 0 Å². The molecule has 1 aliphatic carbocycles. The number of rotatable bonds is 3. The van der Waals surface area contributed by atoms with Crippen molar-refractivity contribution in [3.05, 3.63) is 42.5 Å². The van der Waals surface area contributed by atoms with Crippen LogP contribution in [0.3, 0.4) is 0 Å². The van der Waals surface area contributed by atoms with E-state index >= 15 is 0 Å². The van der Waals surface area contributed by atoms with Gasteiger partial charge in [0.25, 0.3) is 5.91 Å². The summed E-state index contributed by atoms with van der Waals surface area (Å²) in [6, 6.07) is 14.6. The van der Waals surface area contributed by atoms with Crippen LogP contribution < -0.4 is 4.74 Å². The number of hydrogen-bond acceptors (Lipinski definition) is 2. The number of hydrogen-bond donors (Lipinski definition) is 0. The fourth-order valence-corrected chi connectivity index (χ4v) is 4.48. The van der Waals surface area contributed by atoms with E-state index in [1.54, 1.807) is 0 Å². The zero-order chi connectivity index (χ0) is 16.4. The van der Waals surface area contributed by atoms with Crippen LogP contribution in [0.15, 0.2) is 42.5 Å². The van der Waals surface area contributed by atoms with Gasteiger partial charge in [-0.1, -0.05) is 49.2 Å². The molecule has 126 valence electrons. The smallest absolute Gasteiger partial charge is 0.260 e. The monoisotopic (exact) mass is 323 g/mol. The largest absolute Gasteiger partial charge is 0.483 e. The first-order valence-electron chi connectivity index (χ1n) is 9.23. The quantitative estimate of drug-likeness (QED) is 0.838. The predicted molar refractivity (Wildman–Crippen MR) is 96.1 cm³/mol. The molecule has 3 heteroatoms. The second-order valence-electron chi connectivity index (χ2n) is 7.11. The first kappa shape index (κ1) is 15.5. The van der Waals surface area contributed by atoms with Crippen molar-refractivity contribution in [2.24, 2.45) is 5.92 Å². The number of ether oxygens (including phenoxy) is 1. The van der Waals surface area contributed by atoms with E-state index in [1.807, 2.05) is 30.3 Å². The number of nitrogens with zero attached hydrogens (tertiary/aromatic N) is 1. The highest BCUT2D eigenvalue weighted by Gasteiger charge is 2.35. The van der Waals surface area contributed by atoms with E-state index in [-0.39, 0.29) is 12.5 Å². The summed E-state index contributed by atoms with van der Waals surface area (Å²) in [6.45, 7) is 1.05. The van der Waals surface area contributed by atoms with E-state index < -0.39 is 0 Å². The number of fused-ring (bicyclic) bond motifs is 2. The molecule has 1 saturated carbocycles. The Kier molecular flexibility index (Phi) is 4.42. The number of carbonyl (C=O) groups is 1. The Balaban J connectivity index is 1.46. The van der Waals surface area contributed by atoms with Gasteiger partial charge in [0.05, 0.1) is 0 Å². The zero-order valence-corrected chi connectivity index (χ0v) is 14.1. The van der Waals surface area contributed by atoms with Crippen LogP contribution in [0.5, 0.6) is 5.75 Å². The molecule has 2 atom stereocenters. The molecule has 0 bridgehead atoms. The molecule has 0 unspecified atom stereocenters. The van der Waals surface area contributed by atoms with E-state index in [9.17, 15) is 4.79 Å². The van der Waals surface area contributed by atoms with Gasteiger partial charge in [0.15, 0.2) is 6.61 Å². The molecule has 4 rings (SSSR count). The minimum atomic E-state index is 0.150. The summed E-state index contributed by atoms with van der Waals surface area (Å²) in [5.74, 6) is 1.67. The van der Waals surface area contributed by atoms with Crippen LogP contribution in [-0.2, 0) is 4.79 Å². The molecule has 0 spiro atoms. The van der Waals surface area contributed by atoms with Crippen molar-refractivity contribution in [1.29, 1.82) is 0 Å². The summed E-state index contributed by atoms with van der Waals surface area (Å²) < 4.78 is 5.92. The van der Waals surface area contributed by atoms with E-state index in [2.05, 4.69) is 17.0 Å². The molecule has 3 nitrogen and oxygen atoms in total. The molecule has 0 radical (unpaired) electrons. The van der Waals surface area contributed by atoms with Gasteiger partial charge < -0.3 is 9.64 Å². The van der Waals surface area contributed by atoms with Crippen molar-refractivity contribution in [2.75, 3.05) is 13.2 Å². The minimum Gasteiger partial charge on any atom is -0.483 e. The third-order valence-electron chi connectivity index (χ3n) is 5.66. The fraction of sp³-hybridized carbons (Fsp3) is 0.476. The molecule has 0 N–H and O–H groups in total. The number of benzene rings is 2. The number of amides is 1. The molecule has 1 heterocycles. The Labute approximate surface area is 143 Å². The summed E-state index contributed by atoms with van der Waals surface area (Å²) in [5, 5.41) is 2.22. The third kappa shape index (κ3) is 3.00. The Morgan fingerprint density at radius 1 is 1.00 bits per heavy atom. The van der Waals surface area contributed by atoms with Gasteiger partial charge in [0, 0.05) is 18.0 Å². The Hall–Kier alpha value is -2.03. The van der Waals surface area contributed by atoms with Crippen LogP contribution in [0.1, 0.15) is 38.5 Å². The van der Waals surface area contributed by atoms with E-state index in [4.69, 9.17) is 4.74 Å². The molecule has 0 aromatic heterocycles. The molecule has 2 fully saturated rings. The Morgan fingerprint density at radius 3 is 2.75 bits per heavy atom. The molecule has 2 aliphatic rings. The first-order chi connectivity index (χ1) is 11.8. The molecule has 2 aromatic rings. The van der Waals surface area contributed by atoms with Gasteiger partial charge >= 0.3 is 0 Å². The van der Waals surface area contributed by atoms with Crippen molar-refractivity contribution in [2.45, 2.75) is 44.6 Å². The SMILES string of the molecule is O=C(COc1cccc2ccccc12)N1CCC[C@@H]2CCCC[C@@H]21. The predicted octanol–water partition coefficient (Wildman–Crippen LogP) is 4.40. The van der Waals surface area contributed by atoms with Crippen LogP contribution in [0, 0.1) is 5.92 Å². The summed E-state index contributed by atoms with van der Waals surface area (Å²) in [7, 11) is 0. The van der Waals surface area contributed by atoms with Crippen LogP contribution in [0.25, 0.3) is 10.8 Å². The topological polar surface area (TPSA) is 29.5 Å². The van der Waals surface area contributed by atoms with E-state index in [0.29, 0.717) is 12.0 Å². The first-order valence-corrected chi connectivity index (χ1v) is 9.23. The van der Waals surface area contributed by atoms with Gasteiger partial charge in [-0.25, -0.2) is 0 Å². The lowest BCUT2D eigenvalue weighted by Gasteiger charge is -2.44. The van der Waals surface area contributed by atoms with Crippen molar-refractivity contribution in [1.82, 2.24) is 4.90 Å². The molecular weight excluding hydrogens is 298 g/mol. The summed E-state index contributed by atoms with van der Waals surface area (Å²) in [5.41, 5.74) is 0. The van der Waals surface area contributed by atoms with Crippen LogP contribution in [-0.4, -0.2) is 30.0 Å². The molecular formula is C21H25NO2. The molecule has 24 heavy (non-hydrogen) atoms. The summed E-state index contributed by atoms with van der Waals surface area (Å²) >= 11 is 0. The number of carbonyl (C=O) groups excluding carboxylic acids is 1. The van der Waals surface area contributed by atoms with Crippen LogP contribution >= 0.6 is 0 Å². The summed E-state index contributed by atoms with van der Waals surface area (Å²) in [6.07, 6.45) is 7.48. The Bertz CT molecular complexity index is 719. The minimum absolute atomic E-state index is 0.150. The van der Waals surface area contributed by atoms with Crippen molar-refractivity contribution in [3.63, 3.8) is 0 Å². The molecule has 1 amide bonds. The van der Waals surface area contributed by atoms with Crippen molar-refractivity contribution in [3.8, 4) is 5.75 Å². The molecule has 1 saturated heterocycles. The van der Waals surface area contributed by atoms with E-state index in [0.717, 1.165) is 29.5 Å². The van der Waals surface area contributed by atoms with Gasteiger partial charge in [-0.2, -0.15) is 0 Å². The second kappa shape index (κ2) is 6.84. The third-order valence-corrected chi connectivity index (χ3v) is 5.66. The molecule has 1 aliphatic heterocycles. The average Bonchev–Trinajstić information content (AvgIpc) is 2.65. The summed E-state index contributed by atoms with van der Waals surface area (Å²) in [4.78, 5) is 14.9. The maximum Gasteiger partial charge on any atom is 0.260 e. The number of likely N-dealkylation sites (tertiary alicyclic amines) is 1. The highest BCUT2D eigenvalue weighted by Crippen LogP contribution is 2.35. The van der Waals surface area contributed by atoms with Gasteiger partial charge in [0.1, 0.15) is 5.75 Å². The normalized spacial score (nSPS) is 23.8. The van der Waals surface area contributed by atoms with Crippen LogP contribution in [0.2, 0.25) is 0 Å². The van der Waals surface area contributed by atoms with Gasteiger partial charge in [-0.3, -0.25) is 4.79 Å². The second-order valence-corrected chi connectivity index (χ2v) is 7.11. The highest BCUT2D eigenvalue weighted by atomic mass is 16.5. The lowest BCUT2D eigenvalue weighted by Crippen LogP contribution is -2.51. The van der Waals surface area contributed by atoms with E-state index in [1.165, 1.54) is 32.1 Å². The fourth-order valence-electron chi connectivity index (χ4n) is 4.48. The van der Waals surface area contributed by atoms with Crippen LogP contribution in [0.4, 0.5) is 0 Å². The lowest BCUT2D eigenvalue weighted by atomic mass is 9.78. The number of piperidine rings is 1. The average molecular weight is 323 g/mol. The zero-order valence-electron chi connectivity index (χ0n) is 14.1. The van der Waals surface area contributed by atoms with Gasteiger partial charge in [-0.05, 0) is 43.1 Å². The molecule has 2 aromatic carbocycles. The Morgan fingerprint density at radius 2 is 1.79 bits per heavy atom. The lowest BCUT2D eigenvalue weighted by molar-refractivity contribution is -0.139. The van der Waals surface area contributed by atoms with Gasteiger partial charge in [0.2, 0.25) is 0 Å². The van der Waals surface area contributed by atoms with Crippen molar-refractivity contribution < 1.29 is 9.53 Å². The highest BCUT2D eigenvalue weighted by molar-refractivity contribution is 5.88. The maximum atomic E-state index is 12.8. The maximum absolute atomic E-state index is 12.8. The standard InChI is InChI=1S/C21H25NO2/c23-21(22-14-6-10-17-8-2-4-12-19(17)22)15-24-20-13-5-9-16-7-1-3-11-18(16)20/h1,3,5,7,9,11,13,17,19H,2,4,6,8,10,12,14-15H2/t17-,19-/m0/s1.